The van der Waals surface area contributed by atoms with Gasteiger partial charge in [-0.05, 0) is 146 Å². The number of thiazole rings is 1. The first-order valence-corrected chi connectivity index (χ1v) is 40.4. The van der Waals surface area contributed by atoms with Gasteiger partial charge in [0.2, 0.25) is 5.89 Å². The first-order chi connectivity index (χ1) is 63.6. The van der Waals surface area contributed by atoms with Gasteiger partial charge in [0.25, 0.3) is 0 Å². The number of oxazole rings is 1. The fraction of sp³-hybridized carbons (Fsp3) is 0.0103. The van der Waals surface area contributed by atoms with E-state index >= 15 is 0 Å². The van der Waals surface area contributed by atoms with Crippen LogP contribution in [-0.4, -0.2) is 130 Å². The summed E-state index contributed by atoms with van der Waals surface area (Å²) in [6.07, 6.45) is 12.8. The third-order valence-electron chi connectivity index (χ3n) is 20.3. The maximum atomic E-state index is 13.5. The highest BCUT2D eigenvalue weighted by molar-refractivity contribution is 7.21. The Balaban J connectivity index is 0.000000103. The number of hydrogen-bond acceptors (Lipinski definition) is 23. The lowest BCUT2D eigenvalue weighted by atomic mass is 10.1. The number of phenolic OH excluding ortho intramolecular Hbond substituents is 7. The standard InChI is InChI=1S/C16H10FN3O.C16H9FN2O2.C16H9FN2OS.C13H11N3O.3C12H8FN3O/c17-10-7-9-5-6-13(18-15(9)14(21)8-10)16-19-11-3-1-2-4-12(11)20-16;2*17-10-7-9-5-6-12(18-15(9)13(20)8-10)16-19-11-3-1-2-4-14(11)21-16;1-8-2-3-9-4-5-10(11-6-14-7-15-11)16-12(9)13(8)17;13-8-2-4-11(17)12-7(8)1-3-9(16-12)10-5-14-6-15-10;13-8-3-1-7-2-4-9(10-5-14-6-15-10)16-11(7)12(8)17;13-8-3-7-1-2-9(10-5-14-6-15-10)16-12(7)11(17)4-8/h1-8,21H,(H,19,20);2*1-8,20H;2-7,17H,1H3,(H,14,15);3*1-6,17H,(H,14,15). The Morgan fingerprint density at radius 1 is 0.305 bits per heavy atom. The van der Waals surface area contributed by atoms with E-state index in [1.807, 2.05) is 104 Å². The van der Waals surface area contributed by atoms with Crippen molar-refractivity contribution in [1.82, 2.24) is 94.7 Å². The largest absolute Gasteiger partial charge is 0.506 e. The lowest BCUT2D eigenvalue weighted by Gasteiger charge is -2.05. The van der Waals surface area contributed by atoms with Crippen LogP contribution in [0.15, 0.2) is 297 Å². The Morgan fingerprint density at radius 2 is 0.702 bits per heavy atom. The second-order valence-electron chi connectivity index (χ2n) is 29.0. The molecule has 0 aliphatic heterocycles. The molecule has 131 heavy (non-hydrogen) atoms. The van der Waals surface area contributed by atoms with Gasteiger partial charge in [0.05, 0.1) is 123 Å². The second-order valence-corrected chi connectivity index (χ2v) is 30.1. The molecule has 0 aliphatic carbocycles. The average molecular weight is 1770 g/mol. The summed E-state index contributed by atoms with van der Waals surface area (Å²) in [6.45, 7) is 1.86. The molecule has 14 aromatic heterocycles. The smallest absolute Gasteiger partial charge is 0.246 e. The third-order valence-corrected chi connectivity index (χ3v) is 21.4. The van der Waals surface area contributed by atoms with E-state index in [0.717, 1.165) is 95.5 Å². The number of halogens is 6. The van der Waals surface area contributed by atoms with Gasteiger partial charge < -0.3 is 65.1 Å². The van der Waals surface area contributed by atoms with E-state index in [1.165, 1.54) is 66.5 Å². The van der Waals surface area contributed by atoms with Gasteiger partial charge in [-0.25, -0.2) is 96.1 Å². The van der Waals surface area contributed by atoms with Crippen molar-refractivity contribution in [1.29, 1.82) is 0 Å². The van der Waals surface area contributed by atoms with Gasteiger partial charge in [-0.3, -0.25) is 0 Å². The van der Waals surface area contributed by atoms with Crippen molar-refractivity contribution in [2.24, 2.45) is 0 Å². The molecule has 0 radical (unpaired) electrons. The predicted molar refractivity (Wildman–Crippen MR) is 485 cm³/mol. The quantitative estimate of drug-likeness (QED) is 0.0659. The van der Waals surface area contributed by atoms with Crippen molar-refractivity contribution < 1.29 is 66.5 Å². The molecule has 0 spiro atoms. The Bertz CT molecular complexity index is 7700. The number of benzene rings is 10. The van der Waals surface area contributed by atoms with E-state index in [2.05, 4.69) is 94.7 Å². The lowest BCUT2D eigenvalue weighted by Crippen LogP contribution is -1.88. The second kappa shape index (κ2) is 36.2. The predicted octanol–water partition coefficient (Wildman–Crippen LogP) is 21.9. The van der Waals surface area contributed by atoms with Crippen LogP contribution in [0.1, 0.15) is 5.56 Å². The van der Waals surface area contributed by atoms with Gasteiger partial charge in [0.1, 0.15) is 124 Å². The van der Waals surface area contributed by atoms with E-state index in [-0.39, 0.29) is 45.5 Å². The van der Waals surface area contributed by atoms with Crippen molar-refractivity contribution >= 4 is 120 Å². The summed E-state index contributed by atoms with van der Waals surface area (Å²) < 4.78 is 86.2. The number of para-hydroxylation sites is 5. The van der Waals surface area contributed by atoms with Crippen LogP contribution in [-0.2, 0) is 0 Å². The molecule has 14 heterocycles. The summed E-state index contributed by atoms with van der Waals surface area (Å²) in [6, 6.07) is 66.1. The van der Waals surface area contributed by atoms with Gasteiger partial charge >= 0.3 is 0 Å². The molecule has 0 amide bonds. The molecular weight excluding hydrogens is 1710 g/mol. The Kier molecular flexibility index (Phi) is 23.2. The van der Waals surface area contributed by atoms with Crippen molar-refractivity contribution in [2.75, 3.05) is 0 Å². The minimum atomic E-state index is -0.674. The van der Waals surface area contributed by atoms with Gasteiger partial charge in [-0.1, -0.05) is 84.9 Å². The van der Waals surface area contributed by atoms with Crippen molar-refractivity contribution in [3.63, 3.8) is 0 Å². The SMILES string of the molecule is Cc1ccc2ccc(-c3cnc[nH]3)nc2c1O.Oc1c(F)ccc2ccc(-c3cnc[nH]3)nc12.Oc1cc(F)cc2ccc(-c3cnc[nH]3)nc12.Oc1cc(F)cc2ccc(-c3nc4ccccc4[nH]3)nc12.Oc1cc(F)cc2ccc(-c3nc4ccccc4o3)nc12.Oc1cc(F)cc2ccc(-c3nc4ccccc4s3)nc12.Oc1ccc(F)c2ccc(-c3cnc[nH]3)nc12. The average Bonchev–Trinajstić information content (AvgIpc) is 1.66. The van der Waals surface area contributed by atoms with E-state index in [4.69, 9.17) is 4.42 Å². The fourth-order valence-electron chi connectivity index (χ4n) is 13.9. The zero-order valence-corrected chi connectivity index (χ0v) is 68.5. The normalized spacial score (nSPS) is 11.1. The molecule has 10 aromatic carbocycles. The molecule has 12 N–H and O–H groups in total. The number of phenols is 7. The van der Waals surface area contributed by atoms with E-state index < -0.39 is 40.7 Å². The molecule has 0 atom stereocenters. The number of aromatic nitrogens is 19. The van der Waals surface area contributed by atoms with Crippen molar-refractivity contribution in [3.8, 4) is 120 Å². The Morgan fingerprint density at radius 3 is 1.21 bits per heavy atom. The van der Waals surface area contributed by atoms with E-state index in [0.29, 0.717) is 111 Å². The maximum Gasteiger partial charge on any atom is 0.246 e. The number of aryl methyl sites for hydroxylation is 1. The summed E-state index contributed by atoms with van der Waals surface area (Å²) in [4.78, 5) is 74.1. The van der Waals surface area contributed by atoms with Crippen LogP contribution in [0.4, 0.5) is 26.3 Å². The highest BCUT2D eigenvalue weighted by atomic mass is 32.1. The van der Waals surface area contributed by atoms with Crippen LogP contribution in [0.25, 0.3) is 188 Å². The van der Waals surface area contributed by atoms with E-state index in [9.17, 15) is 62.1 Å². The van der Waals surface area contributed by atoms with Crippen LogP contribution in [0.2, 0.25) is 0 Å². The van der Waals surface area contributed by atoms with Crippen LogP contribution in [0, 0.1) is 41.8 Å². The molecular formula is C97H63F6N19O8S. The summed E-state index contributed by atoms with van der Waals surface area (Å²) in [5, 5.41) is 73.3. The molecule has 0 unspecified atom stereocenters. The number of H-pyrrole nitrogens is 5. The first-order valence-electron chi connectivity index (χ1n) is 39.6. The molecule has 34 heteroatoms. The highest BCUT2D eigenvalue weighted by Gasteiger charge is 2.19. The molecule has 0 saturated carbocycles. The van der Waals surface area contributed by atoms with Crippen LogP contribution in [0.5, 0.6) is 40.2 Å². The zero-order chi connectivity index (χ0) is 90.5. The number of hydrogen-bond donors (Lipinski definition) is 12. The summed E-state index contributed by atoms with van der Waals surface area (Å²) >= 11 is 1.54. The lowest BCUT2D eigenvalue weighted by molar-refractivity contribution is 0.437. The molecule has 27 nitrogen and oxygen atoms in total. The van der Waals surface area contributed by atoms with Gasteiger partial charge in [0.15, 0.2) is 23.0 Å². The van der Waals surface area contributed by atoms with Gasteiger partial charge in [-0.15, -0.1) is 11.3 Å². The number of aromatic amines is 5. The molecule has 24 aromatic rings. The monoisotopic (exact) mass is 1770 g/mol. The number of nitrogens with zero attached hydrogens (tertiary/aromatic N) is 14. The zero-order valence-electron chi connectivity index (χ0n) is 67.7. The number of pyridine rings is 7. The number of fused-ring (bicyclic) bond motifs is 10. The topological polar surface area (TPSA) is 414 Å². The number of rotatable bonds is 7. The molecule has 642 valence electrons. The molecule has 0 fully saturated rings. The van der Waals surface area contributed by atoms with Gasteiger partial charge in [-0.2, -0.15) is 0 Å². The molecule has 0 bridgehead atoms. The van der Waals surface area contributed by atoms with Gasteiger partial charge in [0, 0.05) is 62.0 Å². The van der Waals surface area contributed by atoms with E-state index in [1.54, 1.807) is 116 Å². The number of imidazole rings is 5. The van der Waals surface area contributed by atoms with Crippen molar-refractivity contribution in [2.45, 2.75) is 6.92 Å². The third kappa shape index (κ3) is 18.2. The number of nitrogens with one attached hydrogen (secondary N) is 5. The van der Waals surface area contributed by atoms with Crippen LogP contribution < -0.4 is 0 Å². The minimum Gasteiger partial charge on any atom is -0.506 e. The number of aromatic hydroxyl groups is 7. The molecule has 0 saturated heterocycles. The summed E-state index contributed by atoms with van der Waals surface area (Å²) in [5.74, 6) is -2.98. The fourth-order valence-corrected chi connectivity index (χ4v) is 14.8. The maximum absolute atomic E-state index is 13.5. The van der Waals surface area contributed by atoms with Crippen molar-refractivity contribution in [3.05, 3.63) is 333 Å². The first kappa shape index (κ1) is 83.8. The summed E-state index contributed by atoms with van der Waals surface area (Å²) in [5.41, 5.74) is 14.9. The Hall–Kier alpha value is -18.1. The minimum absolute atomic E-state index is 0.0391. The highest BCUT2D eigenvalue weighted by Crippen LogP contribution is 2.38. The molecule has 24 rings (SSSR count). The van der Waals surface area contributed by atoms with Crippen LogP contribution >= 0.6 is 11.3 Å². The van der Waals surface area contributed by atoms with Crippen LogP contribution in [0.3, 0.4) is 0 Å². The summed E-state index contributed by atoms with van der Waals surface area (Å²) in [7, 11) is 0. The Labute approximate surface area is 736 Å². The molecule has 0 aliphatic rings.